The second-order valence-electron chi connectivity index (χ2n) is 3.96. The zero-order chi connectivity index (χ0) is 12.6. The van der Waals surface area contributed by atoms with E-state index in [2.05, 4.69) is 15.9 Å². The van der Waals surface area contributed by atoms with E-state index in [1.54, 1.807) is 6.07 Å². The van der Waals surface area contributed by atoms with Crippen LogP contribution >= 0.6 is 27.3 Å². The van der Waals surface area contributed by atoms with Crippen LogP contribution in [0.25, 0.3) is 10.1 Å². The van der Waals surface area contributed by atoms with E-state index < -0.39 is 5.91 Å². The maximum absolute atomic E-state index is 11.1. The molecular formula is C12H12BrNO2S. The molecule has 0 saturated heterocycles. The number of hydrogen-bond acceptors (Lipinski definition) is 3. The molecule has 1 aromatic heterocycles. The maximum Gasteiger partial charge on any atom is 0.258 e. The molecule has 0 unspecified atom stereocenters. The summed E-state index contributed by atoms with van der Waals surface area (Å²) in [4.78, 5) is 11.7. The molecule has 0 radical (unpaired) electrons. The van der Waals surface area contributed by atoms with Gasteiger partial charge >= 0.3 is 0 Å². The van der Waals surface area contributed by atoms with Crippen LogP contribution in [0.4, 0.5) is 0 Å². The summed E-state index contributed by atoms with van der Waals surface area (Å²) in [7, 11) is 0. The molecule has 0 aliphatic heterocycles. The quantitative estimate of drug-likeness (QED) is 0.942. The van der Waals surface area contributed by atoms with Crippen LogP contribution in [-0.2, 0) is 0 Å². The van der Waals surface area contributed by atoms with Crippen LogP contribution < -0.4 is 10.5 Å². The summed E-state index contributed by atoms with van der Waals surface area (Å²) in [6, 6.07) is 5.63. The molecule has 0 spiro atoms. The third-order valence-electron chi connectivity index (χ3n) is 2.18. The van der Waals surface area contributed by atoms with Crippen LogP contribution in [0.1, 0.15) is 23.5 Å². The standard InChI is InChI=1S/C12H12BrNO2S/c1-6(2)16-7-3-9(13)8-5-11(12(14)15)17-10(8)4-7/h3-6H,1-2H3,(H2,14,15). The van der Waals surface area contributed by atoms with Gasteiger partial charge in [0, 0.05) is 14.6 Å². The van der Waals surface area contributed by atoms with Crippen molar-refractivity contribution in [2.24, 2.45) is 5.73 Å². The SMILES string of the molecule is CC(C)Oc1cc(Br)c2cc(C(N)=O)sc2c1. The van der Waals surface area contributed by atoms with Gasteiger partial charge in [-0.2, -0.15) is 0 Å². The number of amides is 1. The summed E-state index contributed by atoms with van der Waals surface area (Å²) in [6.07, 6.45) is 0.120. The molecule has 1 aromatic carbocycles. The highest BCUT2D eigenvalue weighted by molar-refractivity contribution is 9.10. The van der Waals surface area contributed by atoms with Crippen LogP contribution in [0.2, 0.25) is 0 Å². The first-order chi connectivity index (χ1) is 7.97. The molecule has 0 fully saturated rings. The van der Waals surface area contributed by atoms with Crippen LogP contribution in [0.15, 0.2) is 22.7 Å². The van der Waals surface area contributed by atoms with Crippen LogP contribution in [-0.4, -0.2) is 12.0 Å². The molecule has 2 rings (SSSR count). The number of ether oxygens (including phenoxy) is 1. The van der Waals surface area contributed by atoms with E-state index in [4.69, 9.17) is 10.5 Å². The van der Waals surface area contributed by atoms with Crippen molar-refractivity contribution in [3.8, 4) is 5.75 Å². The topological polar surface area (TPSA) is 52.3 Å². The van der Waals surface area contributed by atoms with Gasteiger partial charge < -0.3 is 10.5 Å². The molecule has 5 heteroatoms. The van der Waals surface area contributed by atoms with Crippen molar-refractivity contribution in [1.29, 1.82) is 0 Å². The third kappa shape index (κ3) is 2.61. The molecule has 90 valence electrons. The number of rotatable bonds is 3. The Morgan fingerprint density at radius 1 is 1.41 bits per heavy atom. The monoisotopic (exact) mass is 313 g/mol. The number of benzene rings is 1. The van der Waals surface area contributed by atoms with Gasteiger partial charge in [-0.3, -0.25) is 4.79 Å². The number of carbonyl (C=O) groups excluding carboxylic acids is 1. The largest absolute Gasteiger partial charge is 0.491 e. The highest BCUT2D eigenvalue weighted by Gasteiger charge is 2.11. The Hall–Kier alpha value is -1.07. The molecule has 0 saturated carbocycles. The van der Waals surface area contributed by atoms with Crippen molar-refractivity contribution >= 4 is 43.3 Å². The molecule has 2 aromatic rings. The lowest BCUT2D eigenvalue weighted by Gasteiger charge is -2.10. The zero-order valence-corrected chi connectivity index (χ0v) is 11.9. The highest BCUT2D eigenvalue weighted by atomic mass is 79.9. The Bertz CT molecular complexity index is 577. The lowest BCUT2D eigenvalue weighted by molar-refractivity contribution is 0.100. The minimum absolute atomic E-state index is 0.120. The van der Waals surface area contributed by atoms with E-state index in [1.165, 1.54) is 11.3 Å². The number of carbonyl (C=O) groups is 1. The average molecular weight is 314 g/mol. The van der Waals surface area contributed by atoms with Crippen LogP contribution in [0.5, 0.6) is 5.75 Å². The molecule has 0 bridgehead atoms. The predicted octanol–water partition coefficient (Wildman–Crippen LogP) is 3.55. The summed E-state index contributed by atoms with van der Waals surface area (Å²) in [5.41, 5.74) is 5.27. The minimum Gasteiger partial charge on any atom is -0.491 e. The first-order valence-corrected chi connectivity index (χ1v) is 6.78. The second kappa shape index (κ2) is 4.66. The van der Waals surface area contributed by atoms with Crippen molar-refractivity contribution in [3.05, 3.63) is 27.5 Å². The van der Waals surface area contributed by atoms with E-state index in [9.17, 15) is 4.79 Å². The summed E-state index contributed by atoms with van der Waals surface area (Å²) >= 11 is 4.85. The van der Waals surface area contributed by atoms with Gasteiger partial charge in [-0.1, -0.05) is 0 Å². The predicted molar refractivity (Wildman–Crippen MR) is 73.8 cm³/mol. The Morgan fingerprint density at radius 3 is 2.71 bits per heavy atom. The highest BCUT2D eigenvalue weighted by Crippen LogP contribution is 2.35. The van der Waals surface area contributed by atoms with Gasteiger partial charge in [-0.25, -0.2) is 0 Å². The van der Waals surface area contributed by atoms with Gasteiger partial charge in [0.05, 0.1) is 11.0 Å². The Kier molecular flexibility index (Phi) is 3.40. The van der Waals surface area contributed by atoms with E-state index in [0.29, 0.717) is 4.88 Å². The summed E-state index contributed by atoms with van der Waals surface area (Å²) in [6.45, 7) is 3.95. The summed E-state index contributed by atoms with van der Waals surface area (Å²) in [5, 5.41) is 0.986. The van der Waals surface area contributed by atoms with Crippen LogP contribution in [0.3, 0.4) is 0 Å². The normalized spacial score (nSPS) is 11.1. The smallest absolute Gasteiger partial charge is 0.258 e. The van der Waals surface area contributed by atoms with Gasteiger partial charge in [0.15, 0.2) is 0 Å². The van der Waals surface area contributed by atoms with Crippen molar-refractivity contribution in [2.45, 2.75) is 20.0 Å². The fourth-order valence-corrected chi connectivity index (χ4v) is 3.19. The number of nitrogens with two attached hydrogens (primary N) is 1. The van der Waals surface area contributed by atoms with Gasteiger partial charge in [0.1, 0.15) is 5.75 Å². The number of halogens is 1. The summed E-state index contributed by atoms with van der Waals surface area (Å²) < 4.78 is 7.53. The third-order valence-corrected chi connectivity index (χ3v) is 3.93. The van der Waals surface area contributed by atoms with E-state index in [-0.39, 0.29) is 6.10 Å². The molecule has 0 aliphatic carbocycles. The second-order valence-corrected chi connectivity index (χ2v) is 5.90. The van der Waals surface area contributed by atoms with Gasteiger partial charge in [-0.05, 0) is 48.0 Å². The molecule has 1 heterocycles. The number of primary amides is 1. The fourth-order valence-electron chi connectivity index (χ4n) is 1.53. The molecule has 0 atom stereocenters. The fraction of sp³-hybridized carbons (Fsp3) is 0.250. The molecule has 3 nitrogen and oxygen atoms in total. The van der Waals surface area contributed by atoms with Gasteiger partial charge in [-0.15, -0.1) is 11.3 Å². The molecule has 2 N–H and O–H groups in total. The number of fused-ring (bicyclic) bond motifs is 1. The Morgan fingerprint density at radius 2 is 2.12 bits per heavy atom. The first-order valence-electron chi connectivity index (χ1n) is 5.17. The van der Waals surface area contributed by atoms with Crippen molar-refractivity contribution in [2.75, 3.05) is 0 Å². The first kappa shape index (κ1) is 12.4. The lowest BCUT2D eigenvalue weighted by atomic mass is 10.2. The molecule has 1 amide bonds. The maximum atomic E-state index is 11.1. The molecule has 17 heavy (non-hydrogen) atoms. The average Bonchev–Trinajstić information content (AvgIpc) is 2.60. The minimum atomic E-state index is -0.399. The van der Waals surface area contributed by atoms with E-state index >= 15 is 0 Å². The van der Waals surface area contributed by atoms with Crippen molar-refractivity contribution < 1.29 is 9.53 Å². The number of hydrogen-bond donors (Lipinski definition) is 1. The number of thiophene rings is 1. The molecular weight excluding hydrogens is 302 g/mol. The van der Waals surface area contributed by atoms with Crippen molar-refractivity contribution in [3.63, 3.8) is 0 Å². The molecule has 0 aliphatic rings. The van der Waals surface area contributed by atoms with Gasteiger partial charge in [0.2, 0.25) is 0 Å². The van der Waals surface area contributed by atoms with E-state index in [1.807, 2.05) is 26.0 Å². The van der Waals surface area contributed by atoms with Crippen LogP contribution in [0, 0.1) is 0 Å². The lowest BCUT2D eigenvalue weighted by Crippen LogP contribution is -2.07. The Labute approximate surface area is 112 Å². The van der Waals surface area contributed by atoms with Gasteiger partial charge in [0.25, 0.3) is 5.91 Å². The van der Waals surface area contributed by atoms with Crippen molar-refractivity contribution in [1.82, 2.24) is 0 Å². The Balaban J connectivity index is 2.53. The summed E-state index contributed by atoms with van der Waals surface area (Å²) in [5.74, 6) is 0.390. The zero-order valence-electron chi connectivity index (χ0n) is 9.49. The van der Waals surface area contributed by atoms with E-state index in [0.717, 1.165) is 20.3 Å².